The van der Waals surface area contributed by atoms with Gasteiger partial charge in [0.1, 0.15) is 0 Å². The van der Waals surface area contributed by atoms with Crippen molar-refractivity contribution < 1.29 is 9.90 Å². The van der Waals surface area contributed by atoms with Gasteiger partial charge in [0.25, 0.3) is 0 Å². The van der Waals surface area contributed by atoms with E-state index in [1.54, 1.807) is 6.92 Å². The van der Waals surface area contributed by atoms with Gasteiger partial charge in [0.2, 0.25) is 5.91 Å². The number of hydrogen-bond donors (Lipinski definition) is 3. The number of hydrogen-bond acceptors (Lipinski definition) is 2. The molecule has 3 rings (SSSR count). The summed E-state index contributed by atoms with van der Waals surface area (Å²) in [4.78, 5) is 15.5. The van der Waals surface area contributed by atoms with Gasteiger partial charge in [-0.3, -0.25) is 4.79 Å². The van der Waals surface area contributed by atoms with E-state index in [-0.39, 0.29) is 12.3 Å². The van der Waals surface area contributed by atoms with Gasteiger partial charge in [0.15, 0.2) is 0 Å². The Labute approximate surface area is 147 Å². The number of aryl methyl sites for hydroxylation is 1. The Bertz CT molecular complexity index is 866. The first-order valence-electron chi connectivity index (χ1n) is 8.57. The Kier molecular flexibility index (Phi) is 4.91. The van der Waals surface area contributed by atoms with Crippen LogP contribution in [-0.2, 0) is 16.8 Å². The maximum absolute atomic E-state index is 12.2. The number of benzene rings is 2. The fourth-order valence-corrected chi connectivity index (χ4v) is 3.26. The second-order valence-corrected chi connectivity index (χ2v) is 6.73. The summed E-state index contributed by atoms with van der Waals surface area (Å²) in [5.74, 6) is -0.148. The molecule has 1 amide bonds. The minimum absolute atomic E-state index is 0.0456. The van der Waals surface area contributed by atoms with Gasteiger partial charge < -0.3 is 15.4 Å². The van der Waals surface area contributed by atoms with Gasteiger partial charge in [-0.05, 0) is 43.0 Å². The van der Waals surface area contributed by atoms with Crippen LogP contribution < -0.4 is 5.32 Å². The van der Waals surface area contributed by atoms with Gasteiger partial charge in [0.05, 0.1) is 12.0 Å². The lowest BCUT2D eigenvalue weighted by atomic mass is 9.92. The topological polar surface area (TPSA) is 65.1 Å². The maximum Gasteiger partial charge on any atom is 0.223 e. The van der Waals surface area contributed by atoms with Crippen molar-refractivity contribution in [3.63, 3.8) is 0 Å². The van der Waals surface area contributed by atoms with Crippen LogP contribution in [0.3, 0.4) is 0 Å². The third kappa shape index (κ3) is 3.91. The third-order valence-electron chi connectivity index (χ3n) is 4.61. The van der Waals surface area contributed by atoms with Crippen LogP contribution in [0.2, 0.25) is 0 Å². The van der Waals surface area contributed by atoms with Crippen molar-refractivity contribution >= 4 is 16.8 Å². The molecule has 4 nitrogen and oxygen atoms in total. The van der Waals surface area contributed by atoms with E-state index in [9.17, 15) is 9.90 Å². The molecule has 0 radical (unpaired) electrons. The molecule has 1 aromatic heterocycles. The molecular weight excluding hydrogens is 312 g/mol. The zero-order valence-electron chi connectivity index (χ0n) is 14.7. The average Bonchev–Trinajstić information content (AvgIpc) is 3.00. The van der Waals surface area contributed by atoms with E-state index >= 15 is 0 Å². The molecule has 3 aromatic rings. The van der Waals surface area contributed by atoms with E-state index in [0.29, 0.717) is 6.54 Å². The largest absolute Gasteiger partial charge is 0.385 e. The van der Waals surface area contributed by atoms with Crippen LogP contribution in [0.4, 0.5) is 0 Å². The Morgan fingerprint density at radius 2 is 1.92 bits per heavy atom. The van der Waals surface area contributed by atoms with Gasteiger partial charge >= 0.3 is 0 Å². The second kappa shape index (κ2) is 7.11. The number of amides is 1. The SMILES string of the molecule is Cc1cccc2[nH]cc(CCNC(=O)CC(C)(O)c3ccccc3)c12. The van der Waals surface area contributed by atoms with Crippen LogP contribution in [0.15, 0.2) is 54.7 Å². The van der Waals surface area contributed by atoms with Gasteiger partial charge in [-0.15, -0.1) is 0 Å². The fraction of sp³-hybridized carbons (Fsp3) is 0.286. The van der Waals surface area contributed by atoms with Gasteiger partial charge in [-0.1, -0.05) is 42.5 Å². The highest BCUT2D eigenvalue weighted by Crippen LogP contribution is 2.24. The van der Waals surface area contributed by atoms with Gasteiger partial charge in [-0.2, -0.15) is 0 Å². The van der Waals surface area contributed by atoms with Crippen LogP contribution in [0, 0.1) is 6.92 Å². The molecule has 0 saturated heterocycles. The molecule has 1 unspecified atom stereocenters. The normalized spacial score (nSPS) is 13.6. The quantitative estimate of drug-likeness (QED) is 0.646. The molecule has 0 bridgehead atoms. The maximum atomic E-state index is 12.2. The van der Waals surface area contributed by atoms with Crippen LogP contribution in [-0.4, -0.2) is 22.5 Å². The summed E-state index contributed by atoms with van der Waals surface area (Å²) in [5, 5.41) is 14.7. The molecule has 0 aliphatic rings. The summed E-state index contributed by atoms with van der Waals surface area (Å²) in [7, 11) is 0. The summed E-state index contributed by atoms with van der Waals surface area (Å²) in [6.07, 6.45) is 2.80. The lowest BCUT2D eigenvalue weighted by molar-refractivity contribution is -0.125. The van der Waals surface area contributed by atoms with E-state index in [4.69, 9.17) is 0 Å². The highest BCUT2D eigenvalue weighted by Gasteiger charge is 2.26. The lowest BCUT2D eigenvalue weighted by Gasteiger charge is -2.23. The van der Waals surface area contributed by atoms with Gasteiger partial charge in [-0.25, -0.2) is 0 Å². The Morgan fingerprint density at radius 3 is 2.68 bits per heavy atom. The summed E-state index contributed by atoms with van der Waals surface area (Å²) in [6.45, 7) is 4.31. The Morgan fingerprint density at radius 1 is 1.16 bits per heavy atom. The predicted molar refractivity (Wildman–Crippen MR) is 100 cm³/mol. The first-order valence-corrected chi connectivity index (χ1v) is 8.57. The van der Waals surface area contributed by atoms with Crippen molar-refractivity contribution in [2.75, 3.05) is 6.54 Å². The molecule has 130 valence electrons. The lowest BCUT2D eigenvalue weighted by Crippen LogP contribution is -2.33. The molecule has 0 aliphatic carbocycles. The molecule has 1 atom stereocenters. The van der Waals surface area contributed by atoms with Crippen LogP contribution in [0.1, 0.15) is 30.0 Å². The standard InChI is InChI=1S/C21H24N2O2/c1-15-7-6-10-18-20(15)16(14-23-18)11-12-22-19(24)13-21(2,25)17-8-4-3-5-9-17/h3-10,14,23,25H,11-13H2,1-2H3,(H,22,24). The number of aromatic amines is 1. The number of nitrogens with one attached hydrogen (secondary N) is 2. The molecule has 0 aliphatic heterocycles. The number of carbonyl (C=O) groups excluding carboxylic acids is 1. The molecule has 1 heterocycles. The van der Waals surface area contributed by atoms with Crippen LogP contribution >= 0.6 is 0 Å². The van der Waals surface area contributed by atoms with E-state index in [0.717, 1.165) is 17.5 Å². The van der Waals surface area contributed by atoms with Crippen LogP contribution in [0.5, 0.6) is 0 Å². The summed E-state index contributed by atoms with van der Waals surface area (Å²) in [6, 6.07) is 15.5. The summed E-state index contributed by atoms with van der Waals surface area (Å²) in [5.41, 5.74) is 3.13. The van der Waals surface area contributed by atoms with Gasteiger partial charge in [0, 0.05) is 23.6 Å². The fourth-order valence-electron chi connectivity index (χ4n) is 3.26. The number of aliphatic hydroxyl groups is 1. The zero-order chi connectivity index (χ0) is 17.9. The zero-order valence-corrected chi connectivity index (χ0v) is 14.7. The minimum Gasteiger partial charge on any atom is -0.385 e. The highest BCUT2D eigenvalue weighted by atomic mass is 16.3. The minimum atomic E-state index is -1.16. The molecule has 0 spiro atoms. The Hall–Kier alpha value is -2.59. The van der Waals surface area contributed by atoms with Crippen molar-refractivity contribution in [2.24, 2.45) is 0 Å². The Balaban J connectivity index is 1.57. The van der Waals surface area contributed by atoms with Crippen LogP contribution in [0.25, 0.3) is 10.9 Å². The third-order valence-corrected chi connectivity index (χ3v) is 4.61. The predicted octanol–water partition coefficient (Wildman–Crippen LogP) is 3.43. The smallest absolute Gasteiger partial charge is 0.223 e. The second-order valence-electron chi connectivity index (χ2n) is 6.73. The molecule has 3 N–H and O–H groups in total. The van der Waals surface area contributed by atoms with Crippen molar-refractivity contribution in [2.45, 2.75) is 32.3 Å². The molecular formula is C21H24N2O2. The molecule has 25 heavy (non-hydrogen) atoms. The molecule has 0 saturated carbocycles. The molecule has 4 heteroatoms. The number of aromatic nitrogens is 1. The highest BCUT2D eigenvalue weighted by molar-refractivity contribution is 5.86. The number of carbonyl (C=O) groups is 1. The molecule has 2 aromatic carbocycles. The van der Waals surface area contributed by atoms with E-state index in [1.165, 1.54) is 16.5 Å². The van der Waals surface area contributed by atoms with E-state index < -0.39 is 5.60 Å². The van der Waals surface area contributed by atoms with Crippen molar-refractivity contribution in [3.05, 3.63) is 71.4 Å². The number of rotatable bonds is 6. The number of H-pyrrole nitrogens is 1. The van der Waals surface area contributed by atoms with E-state index in [1.807, 2.05) is 42.6 Å². The molecule has 0 fully saturated rings. The van der Waals surface area contributed by atoms with Crippen molar-refractivity contribution in [1.82, 2.24) is 10.3 Å². The first-order chi connectivity index (χ1) is 12.0. The van der Waals surface area contributed by atoms with E-state index in [2.05, 4.69) is 29.4 Å². The van der Waals surface area contributed by atoms with Crippen molar-refractivity contribution in [3.8, 4) is 0 Å². The summed E-state index contributed by atoms with van der Waals surface area (Å²) < 4.78 is 0. The first kappa shape index (κ1) is 17.2. The monoisotopic (exact) mass is 336 g/mol. The number of fused-ring (bicyclic) bond motifs is 1. The summed E-state index contributed by atoms with van der Waals surface area (Å²) >= 11 is 0. The van der Waals surface area contributed by atoms with Crippen molar-refractivity contribution in [1.29, 1.82) is 0 Å². The average molecular weight is 336 g/mol.